The van der Waals surface area contributed by atoms with E-state index in [2.05, 4.69) is 16.8 Å². The first-order valence-electron chi connectivity index (χ1n) is 10.1. The molecule has 1 amide bonds. The van der Waals surface area contributed by atoms with Gasteiger partial charge in [-0.15, -0.1) is 10.2 Å². The Morgan fingerprint density at radius 3 is 2.97 bits per heavy atom. The Kier molecular flexibility index (Phi) is 7.30. The van der Waals surface area contributed by atoms with E-state index >= 15 is 0 Å². The maximum Gasteiger partial charge on any atom is 0.247 e. The van der Waals surface area contributed by atoms with Crippen LogP contribution in [0.1, 0.15) is 49.6 Å². The first-order chi connectivity index (χ1) is 14.5. The van der Waals surface area contributed by atoms with Crippen LogP contribution < -0.4 is 5.73 Å². The number of hydrogen-bond donors (Lipinski definition) is 1. The normalized spacial score (nSPS) is 18.2. The zero-order valence-corrected chi connectivity index (χ0v) is 17.1. The van der Waals surface area contributed by atoms with Crippen molar-refractivity contribution in [3.8, 4) is 0 Å². The third kappa shape index (κ3) is 5.10. The molecule has 1 aromatic heterocycles. The number of hydrogen-bond acceptors (Lipinski definition) is 5. The van der Waals surface area contributed by atoms with Crippen LogP contribution in [0.3, 0.4) is 0 Å². The van der Waals surface area contributed by atoms with E-state index in [0.29, 0.717) is 30.3 Å². The fourth-order valence-corrected chi connectivity index (χ4v) is 3.67. The first-order valence-corrected chi connectivity index (χ1v) is 10.1. The predicted octanol–water partition coefficient (Wildman–Crippen LogP) is 3.98. The Morgan fingerprint density at radius 2 is 2.23 bits per heavy atom. The van der Waals surface area contributed by atoms with Gasteiger partial charge in [0.25, 0.3) is 0 Å². The third-order valence-corrected chi connectivity index (χ3v) is 5.07. The molecule has 0 aliphatic carbocycles. The maximum atomic E-state index is 13.9. The fraction of sp³-hybridized carbons (Fsp3) is 0.348. The average molecular weight is 410 g/mol. The quantitative estimate of drug-likeness (QED) is 0.666. The maximum absolute atomic E-state index is 13.9. The lowest BCUT2D eigenvalue weighted by Crippen LogP contribution is -2.36. The van der Waals surface area contributed by atoms with Crippen LogP contribution in [0.15, 0.2) is 59.6 Å². The summed E-state index contributed by atoms with van der Waals surface area (Å²) in [4.78, 5) is 14.6. The molecule has 2 N–H and O–H groups in total. The molecule has 0 saturated carbocycles. The summed E-state index contributed by atoms with van der Waals surface area (Å²) < 4.78 is 19.7. The van der Waals surface area contributed by atoms with Crippen LogP contribution in [0.2, 0.25) is 0 Å². The van der Waals surface area contributed by atoms with Gasteiger partial charge in [-0.1, -0.05) is 49.1 Å². The summed E-state index contributed by atoms with van der Waals surface area (Å²) in [5, 5.41) is 8.30. The minimum atomic E-state index is -0.467. The van der Waals surface area contributed by atoms with Crippen molar-refractivity contribution in [2.24, 2.45) is 5.73 Å². The number of aromatic nitrogens is 2. The van der Waals surface area contributed by atoms with Gasteiger partial charge in [-0.3, -0.25) is 4.79 Å². The molecule has 2 heterocycles. The number of allylic oxidation sites excluding steroid dienone is 5. The molecule has 30 heavy (non-hydrogen) atoms. The zero-order valence-electron chi connectivity index (χ0n) is 17.1. The van der Waals surface area contributed by atoms with Gasteiger partial charge in [-0.2, -0.15) is 0 Å². The summed E-state index contributed by atoms with van der Waals surface area (Å²) in [6.07, 6.45) is 9.21. The van der Waals surface area contributed by atoms with Crippen molar-refractivity contribution >= 4 is 11.5 Å². The van der Waals surface area contributed by atoms with Crippen LogP contribution in [0.5, 0.6) is 0 Å². The van der Waals surface area contributed by atoms with E-state index < -0.39 is 6.04 Å². The van der Waals surface area contributed by atoms with Gasteiger partial charge in [0.05, 0.1) is 0 Å². The number of likely N-dealkylation sites (tertiary alicyclic amines) is 1. The molecule has 1 fully saturated rings. The third-order valence-electron chi connectivity index (χ3n) is 5.07. The van der Waals surface area contributed by atoms with E-state index in [1.807, 2.05) is 19.1 Å². The number of carbonyl (C=O) groups is 1. The van der Waals surface area contributed by atoms with Crippen LogP contribution >= 0.6 is 0 Å². The zero-order chi connectivity index (χ0) is 21.5. The number of nitrogens with zero attached hydrogens (tertiary/aromatic N) is 3. The first kappa shape index (κ1) is 21.6. The number of halogens is 1. The van der Waals surface area contributed by atoms with Crippen molar-refractivity contribution in [1.29, 1.82) is 0 Å². The van der Waals surface area contributed by atoms with Crippen molar-refractivity contribution in [2.45, 2.75) is 44.7 Å². The molecule has 0 unspecified atom stereocenters. The van der Waals surface area contributed by atoms with Gasteiger partial charge in [0.15, 0.2) is 0 Å². The van der Waals surface area contributed by atoms with Gasteiger partial charge >= 0.3 is 0 Å². The van der Waals surface area contributed by atoms with Gasteiger partial charge in [0.1, 0.15) is 11.9 Å². The monoisotopic (exact) mass is 410 g/mol. The van der Waals surface area contributed by atoms with Gasteiger partial charge in [0, 0.05) is 24.6 Å². The number of rotatable bonds is 8. The molecule has 0 radical (unpaired) electrons. The molecular formula is C23H27FN4O2. The molecule has 2 aromatic rings. The summed E-state index contributed by atoms with van der Waals surface area (Å²) >= 11 is 0. The lowest BCUT2D eigenvalue weighted by atomic mass is 10.0. The highest BCUT2D eigenvalue weighted by Crippen LogP contribution is 2.32. The average Bonchev–Trinajstić information content (AvgIpc) is 3.39. The topological polar surface area (TPSA) is 85.2 Å². The molecule has 1 aromatic carbocycles. The Labute approximate surface area is 176 Å². The van der Waals surface area contributed by atoms with E-state index in [1.165, 1.54) is 6.07 Å². The van der Waals surface area contributed by atoms with Crippen LogP contribution in [-0.4, -0.2) is 33.6 Å². The SMILES string of the molecule is C=C/C=C(\C=C/C)c1nnc([C@@H]2CCCN2C(=O)C[C@H](N)Cc2ccccc2F)o1. The molecule has 6 nitrogen and oxygen atoms in total. The summed E-state index contributed by atoms with van der Waals surface area (Å²) in [7, 11) is 0. The second-order valence-electron chi connectivity index (χ2n) is 7.31. The van der Waals surface area contributed by atoms with Crippen molar-refractivity contribution in [3.63, 3.8) is 0 Å². The lowest BCUT2D eigenvalue weighted by Gasteiger charge is -2.23. The molecule has 1 aliphatic heterocycles. The van der Waals surface area contributed by atoms with Crippen molar-refractivity contribution in [1.82, 2.24) is 15.1 Å². The number of carbonyl (C=O) groups excluding carboxylic acids is 1. The number of nitrogens with two attached hydrogens (primary N) is 1. The summed E-state index contributed by atoms with van der Waals surface area (Å²) in [6.45, 7) is 6.21. The Morgan fingerprint density at radius 1 is 1.43 bits per heavy atom. The van der Waals surface area contributed by atoms with Crippen LogP contribution in [0.25, 0.3) is 5.57 Å². The summed E-state index contributed by atoms with van der Waals surface area (Å²) in [5.74, 6) is 0.412. The summed E-state index contributed by atoms with van der Waals surface area (Å²) in [6, 6.07) is 5.75. The van der Waals surface area contributed by atoms with E-state index in [4.69, 9.17) is 10.2 Å². The number of benzene rings is 1. The van der Waals surface area contributed by atoms with E-state index in [1.54, 1.807) is 35.3 Å². The molecule has 0 spiro atoms. The lowest BCUT2D eigenvalue weighted by molar-refractivity contribution is -0.132. The molecule has 3 rings (SSSR count). The van der Waals surface area contributed by atoms with Gasteiger partial charge in [-0.25, -0.2) is 4.39 Å². The number of amides is 1. The van der Waals surface area contributed by atoms with Gasteiger partial charge < -0.3 is 15.1 Å². The minimum absolute atomic E-state index is 0.0867. The van der Waals surface area contributed by atoms with E-state index in [-0.39, 0.29) is 24.2 Å². The van der Waals surface area contributed by atoms with Crippen molar-refractivity contribution in [3.05, 3.63) is 78.3 Å². The fourth-order valence-electron chi connectivity index (χ4n) is 3.67. The Bertz CT molecular complexity index is 950. The Hall–Kier alpha value is -3.06. The molecule has 2 atom stereocenters. The van der Waals surface area contributed by atoms with Crippen LogP contribution in [0, 0.1) is 5.82 Å². The van der Waals surface area contributed by atoms with E-state index in [9.17, 15) is 9.18 Å². The van der Waals surface area contributed by atoms with Crippen LogP contribution in [0.4, 0.5) is 4.39 Å². The minimum Gasteiger partial charge on any atom is -0.418 e. The predicted molar refractivity (Wildman–Crippen MR) is 114 cm³/mol. The Balaban J connectivity index is 1.68. The van der Waals surface area contributed by atoms with Crippen LogP contribution in [-0.2, 0) is 11.2 Å². The second-order valence-corrected chi connectivity index (χ2v) is 7.31. The smallest absolute Gasteiger partial charge is 0.247 e. The molecule has 1 saturated heterocycles. The van der Waals surface area contributed by atoms with E-state index in [0.717, 1.165) is 18.4 Å². The molecule has 0 bridgehead atoms. The largest absolute Gasteiger partial charge is 0.418 e. The van der Waals surface area contributed by atoms with Gasteiger partial charge in [0.2, 0.25) is 17.7 Å². The second kappa shape index (κ2) is 10.1. The standard InChI is InChI=1S/C23H27FN4O2/c1-3-8-16(9-4-2)22-26-27-23(30-22)20-12-7-13-28(20)21(29)15-18(25)14-17-10-5-6-11-19(17)24/h3-6,8-11,18,20H,1,7,12-15,25H2,2H3/b9-4-,16-8+/t18-,20+/m1/s1. The van der Waals surface area contributed by atoms with Crippen molar-refractivity contribution in [2.75, 3.05) is 6.54 Å². The molecule has 158 valence electrons. The highest BCUT2D eigenvalue weighted by Gasteiger charge is 2.34. The van der Waals surface area contributed by atoms with Crippen molar-refractivity contribution < 1.29 is 13.6 Å². The van der Waals surface area contributed by atoms with Gasteiger partial charge in [-0.05, 0) is 37.8 Å². The molecule has 1 aliphatic rings. The summed E-state index contributed by atoms with van der Waals surface area (Å²) in [5.41, 5.74) is 7.42. The molecule has 7 heteroatoms. The highest BCUT2D eigenvalue weighted by atomic mass is 19.1. The highest BCUT2D eigenvalue weighted by molar-refractivity contribution is 5.77. The molecular weight excluding hydrogens is 383 g/mol.